The quantitative estimate of drug-likeness (QED) is 0.726. The third kappa shape index (κ3) is 1.73. The van der Waals surface area contributed by atoms with Gasteiger partial charge in [0.1, 0.15) is 5.49 Å². The van der Waals surface area contributed by atoms with E-state index >= 15 is 0 Å². The smallest absolute Gasteiger partial charge is 0.124 e. The van der Waals surface area contributed by atoms with Gasteiger partial charge in [0, 0.05) is 6.20 Å². The number of rotatable bonds is 2. The van der Waals surface area contributed by atoms with Crippen LogP contribution in [0.1, 0.15) is 24.8 Å². The molecule has 0 amide bonds. The maximum Gasteiger partial charge on any atom is 0.124 e. The van der Waals surface area contributed by atoms with Crippen molar-refractivity contribution in [1.82, 2.24) is 4.57 Å². The minimum atomic E-state index is -0.547. The second-order valence-electron chi connectivity index (χ2n) is 4.30. The highest BCUT2D eigenvalue weighted by molar-refractivity contribution is 5.07. The summed E-state index contributed by atoms with van der Waals surface area (Å²) in [6.45, 7) is 2.56. The maximum atomic E-state index is 9.97. The maximum absolute atomic E-state index is 9.97. The van der Waals surface area contributed by atoms with Gasteiger partial charge in [-0.05, 0) is 37.8 Å². The van der Waals surface area contributed by atoms with Gasteiger partial charge >= 0.3 is 0 Å². The van der Waals surface area contributed by atoms with E-state index in [9.17, 15) is 5.11 Å². The monoisotopic (exact) mass is 192 g/mol. The number of aliphatic hydroxyl groups is 1. The summed E-state index contributed by atoms with van der Waals surface area (Å²) in [5.74, 6) is 0. The first-order chi connectivity index (χ1) is 6.59. The van der Waals surface area contributed by atoms with E-state index in [-0.39, 0.29) is 0 Å². The van der Waals surface area contributed by atoms with Gasteiger partial charge in [0.2, 0.25) is 0 Å². The molecule has 3 heteroatoms. The van der Waals surface area contributed by atoms with E-state index in [1.165, 1.54) is 0 Å². The number of nitrogens with one attached hydrogen (secondary N) is 1. The molecule has 14 heavy (non-hydrogen) atoms. The van der Waals surface area contributed by atoms with Crippen LogP contribution in [-0.2, 0) is 6.54 Å². The molecule has 0 radical (unpaired) electrons. The van der Waals surface area contributed by atoms with Crippen LogP contribution in [0.15, 0.2) is 18.3 Å². The summed E-state index contributed by atoms with van der Waals surface area (Å²) in [6.07, 6.45) is 4.77. The van der Waals surface area contributed by atoms with Gasteiger partial charge in [0.05, 0.1) is 12.1 Å². The average Bonchev–Trinajstić information content (AvgIpc) is 2.09. The Labute approximate surface area is 83.5 Å². The van der Waals surface area contributed by atoms with E-state index in [0.717, 1.165) is 24.8 Å². The highest BCUT2D eigenvalue weighted by Crippen LogP contribution is 2.32. The van der Waals surface area contributed by atoms with E-state index in [2.05, 4.69) is 0 Å². The SMILES string of the molecule is Cc1ccc(=N)n(CC2(O)CCC2)c1. The molecule has 2 N–H and O–H groups in total. The molecule has 3 nitrogen and oxygen atoms in total. The first-order valence-corrected chi connectivity index (χ1v) is 5.03. The van der Waals surface area contributed by atoms with Crippen LogP contribution in [0.5, 0.6) is 0 Å². The number of aromatic nitrogens is 1. The summed E-state index contributed by atoms with van der Waals surface area (Å²) in [7, 11) is 0. The van der Waals surface area contributed by atoms with Gasteiger partial charge in [-0.3, -0.25) is 5.41 Å². The molecule has 0 saturated heterocycles. The normalized spacial score (nSPS) is 19.0. The predicted octanol–water partition coefficient (Wildman–Crippen LogP) is 1.19. The third-order valence-electron chi connectivity index (χ3n) is 2.92. The van der Waals surface area contributed by atoms with Crippen LogP contribution in [-0.4, -0.2) is 15.3 Å². The van der Waals surface area contributed by atoms with Crippen LogP contribution in [0.3, 0.4) is 0 Å². The Kier molecular flexibility index (Phi) is 2.19. The molecule has 0 aliphatic heterocycles. The molecule has 2 rings (SSSR count). The molecule has 1 aliphatic carbocycles. The lowest BCUT2D eigenvalue weighted by Crippen LogP contribution is -2.43. The van der Waals surface area contributed by atoms with E-state index in [4.69, 9.17) is 5.41 Å². The Morgan fingerprint density at radius 1 is 1.50 bits per heavy atom. The van der Waals surface area contributed by atoms with Gasteiger partial charge in [-0.2, -0.15) is 0 Å². The van der Waals surface area contributed by atoms with Gasteiger partial charge in [-0.1, -0.05) is 6.07 Å². The molecule has 76 valence electrons. The Morgan fingerprint density at radius 2 is 2.21 bits per heavy atom. The second kappa shape index (κ2) is 3.24. The van der Waals surface area contributed by atoms with Crippen LogP contribution in [0.2, 0.25) is 0 Å². The number of hydrogen-bond acceptors (Lipinski definition) is 2. The largest absolute Gasteiger partial charge is 0.388 e. The molecule has 0 unspecified atom stereocenters. The van der Waals surface area contributed by atoms with Crippen molar-refractivity contribution in [3.63, 3.8) is 0 Å². The Hall–Kier alpha value is -1.09. The van der Waals surface area contributed by atoms with E-state index < -0.39 is 5.60 Å². The lowest BCUT2D eigenvalue weighted by molar-refractivity contribution is -0.0482. The van der Waals surface area contributed by atoms with Crippen molar-refractivity contribution in [2.75, 3.05) is 0 Å². The summed E-state index contributed by atoms with van der Waals surface area (Å²) >= 11 is 0. The fourth-order valence-corrected chi connectivity index (χ4v) is 1.86. The number of pyridine rings is 1. The van der Waals surface area contributed by atoms with Gasteiger partial charge in [0.15, 0.2) is 0 Å². The third-order valence-corrected chi connectivity index (χ3v) is 2.92. The lowest BCUT2D eigenvalue weighted by atomic mass is 9.80. The van der Waals surface area contributed by atoms with Gasteiger partial charge in [-0.25, -0.2) is 0 Å². The van der Waals surface area contributed by atoms with Crippen molar-refractivity contribution < 1.29 is 5.11 Å². The van der Waals surface area contributed by atoms with Crippen LogP contribution in [0, 0.1) is 12.3 Å². The first-order valence-electron chi connectivity index (χ1n) is 5.03. The standard InChI is InChI=1S/C11H16N2O/c1-9-3-4-10(12)13(7-9)8-11(14)5-2-6-11/h3-4,7,12,14H,2,5-6,8H2,1H3. The fourth-order valence-electron chi connectivity index (χ4n) is 1.86. The molecule has 1 saturated carbocycles. The summed E-state index contributed by atoms with van der Waals surface area (Å²) < 4.78 is 1.83. The van der Waals surface area contributed by atoms with Crippen molar-refractivity contribution in [3.8, 4) is 0 Å². The average molecular weight is 192 g/mol. The Morgan fingerprint density at radius 3 is 2.79 bits per heavy atom. The Bertz CT molecular complexity index is 391. The number of nitrogens with zero attached hydrogens (tertiary/aromatic N) is 1. The van der Waals surface area contributed by atoms with Crippen molar-refractivity contribution in [3.05, 3.63) is 29.4 Å². The van der Waals surface area contributed by atoms with Crippen LogP contribution >= 0.6 is 0 Å². The predicted molar refractivity (Wildman–Crippen MR) is 53.8 cm³/mol. The fraction of sp³-hybridized carbons (Fsp3) is 0.545. The molecular formula is C11H16N2O. The van der Waals surface area contributed by atoms with Crippen LogP contribution in [0.4, 0.5) is 0 Å². The highest BCUT2D eigenvalue weighted by atomic mass is 16.3. The van der Waals surface area contributed by atoms with Crippen molar-refractivity contribution in [1.29, 1.82) is 5.41 Å². The molecule has 0 bridgehead atoms. The molecule has 1 heterocycles. The number of hydrogen-bond donors (Lipinski definition) is 2. The van der Waals surface area contributed by atoms with Gasteiger partial charge < -0.3 is 9.67 Å². The zero-order valence-electron chi connectivity index (χ0n) is 8.45. The molecule has 0 spiro atoms. The summed E-state index contributed by atoms with van der Waals surface area (Å²) in [5, 5.41) is 17.7. The zero-order chi connectivity index (χ0) is 10.2. The topological polar surface area (TPSA) is 49.0 Å². The molecule has 1 aliphatic rings. The summed E-state index contributed by atoms with van der Waals surface area (Å²) in [6, 6.07) is 3.70. The van der Waals surface area contributed by atoms with Crippen LogP contribution in [0.25, 0.3) is 0 Å². The second-order valence-corrected chi connectivity index (χ2v) is 4.30. The minimum absolute atomic E-state index is 0.468. The molecule has 1 aromatic heterocycles. The highest BCUT2D eigenvalue weighted by Gasteiger charge is 2.34. The van der Waals surface area contributed by atoms with E-state index in [0.29, 0.717) is 12.0 Å². The minimum Gasteiger partial charge on any atom is -0.388 e. The molecular weight excluding hydrogens is 176 g/mol. The number of aryl methyl sites for hydroxylation is 1. The van der Waals surface area contributed by atoms with E-state index in [1.54, 1.807) is 6.07 Å². The van der Waals surface area contributed by atoms with E-state index in [1.807, 2.05) is 23.8 Å². The first kappa shape index (κ1) is 9.46. The molecule has 0 aromatic carbocycles. The molecule has 1 fully saturated rings. The molecule has 0 atom stereocenters. The van der Waals surface area contributed by atoms with Crippen molar-refractivity contribution >= 4 is 0 Å². The van der Waals surface area contributed by atoms with Crippen molar-refractivity contribution in [2.24, 2.45) is 0 Å². The zero-order valence-corrected chi connectivity index (χ0v) is 8.45. The van der Waals surface area contributed by atoms with Crippen molar-refractivity contribution in [2.45, 2.75) is 38.3 Å². The van der Waals surface area contributed by atoms with Crippen LogP contribution < -0.4 is 5.49 Å². The molecule has 1 aromatic rings. The summed E-state index contributed by atoms with van der Waals surface area (Å²) in [5.41, 5.74) is 1.05. The summed E-state index contributed by atoms with van der Waals surface area (Å²) in [4.78, 5) is 0. The Balaban J connectivity index is 2.23. The van der Waals surface area contributed by atoms with Gasteiger partial charge in [-0.15, -0.1) is 0 Å². The van der Waals surface area contributed by atoms with Gasteiger partial charge in [0.25, 0.3) is 0 Å². The lowest BCUT2D eigenvalue weighted by Gasteiger charge is -2.37.